The van der Waals surface area contributed by atoms with Crippen LogP contribution in [0.4, 0.5) is 0 Å². The highest BCUT2D eigenvalue weighted by atomic mass is 35.5. The molecule has 1 aromatic rings. The smallest absolute Gasteiger partial charge is 0.131 e. The molecule has 1 fully saturated rings. The summed E-state index contributed by atoms with van der Waals surface area (Å²) in [4.78, 5) is 2.39. The van der Waals surface area contributed by atoms with Crippen molar-refractivity contribution in [1.29, 1.82) is 0 Å². The van der Waals surface area contributed by atoms with Crippen molar-refractivity contribution in [3.8, 4) is 0 Å². The largest absolute Gasteiger partial charge is 0.380 e. The molecule has 0 N–H and O–H groups in total. The molecule has 1 aliphatic heterocycles. The lowest BCUT2D eigenvalue weighted by Crippen LogP contribution is -2.22. The molecule has 0 aromatic carbocycles. The second kappa shape index (κ2) is 5.38. The number of likely N-dealkylation sites (tertiary alicyclic amines) is 1. The van der Waals surface area contributed by atoms with Crippen LogP contribution in [0.25, 0.3) is 0 Å². The maximum absolute atomic E-state index is 6.28. The van der Waals surface area contributed by atoms with Crippen LogP contribution in [-0.2, 0) is 24.8 Å². The Labute approximate surface area is 107 Å². The quantitative estimate of drug-likeness (QED) is 0.825. The molecular weight excluding hydrogens is 238 g/mol. The van der Waals surface area contributed by atoms with Gasteiger partial charge in [-0.2, -0.15) is 5.10 Å². The Hall–Kier alpha value is -0.580. The number of methoxy groups -OCH3 is 1. The fourth-order valence-electron chi connectivity index (χ4n) is 2.40. The summed E-state index contributed by atoms with van der Waals surface area (Å²) in [5, 5.41) is 5.20. The van der Waals surface area contributed by atoms with Gasteiger partial charge in [-0.1, -0.05) is 18.5 Å². The summed E-state index contributed by atoms with van der Waals surface area (Å²) in [6, 6.07) is 0. The van der Waals surface area contributed by atoms with Gasteiger partial charge in [-0.25, -0.2) is 0 Å². The second-order valence-electron chi connectivity index (χ2n) is 4.57. The number of hydrogen-bond acceptors (Lipinski definition) is 3. The van der Waals surface area contributed by atoms with E-state index in [1.165, 1.54) is 5.56 Å². The summed E-state index contributed by atoms with van der Waals surface area (Å²) in [5.74, 6) is 0. The number of ether oxygens (including phenoxy) is 1. The van der Waals surface area contributed by atoms with E-state index in [0.29, 0.717) is 6.10 Å². The average molecular weight is 258 g/mol. The first-order chi connectivity index (χ1) is 8.15. The molecule has 1 aromatic heterocycles. The highest BCUT2D eigenvalue weighted by Crippen LogP contribution is 2.24. The van der Waals surface area contributed by atoms with Gasteiger partial charge in [0.15, 0.2) is 0 Å². The first kappa shape index (κ1) is 12.9. The van der Waals surface area contributed by atoms with E-state index in [2.05, 4.69) is 16.9 Å². The zero-order valence-corrected chi connectivity index (χ0v) is 11.5. The third-order valence-electron chi connectivity index (χ3n) is 3.43. The van der Waals surface area contributed by atoms with Gasteiger partial charge in [-0.3, -0.25) is 9.58 Å². The Morgan fingerprint density at radius 1 is 1.53 bits per heavy atom. The van der Waals surface area contributed by atoms with Crippen LogP contribution in [0, 0.1) is 0 Å². The van der Waals surface area contributed by atoms with Crippen molar-refractivity contribution in [3.05, 3.63) is 16.4 Å². The van der Waals surface area contributed by atoms with Gasteiger partial charge in [-0.05, 0) is 12.8 Å². The highest BCUT2D eigenvalue weighted by molar-refractivity contribution is 6.30. The molecule has 0 saturated carbocycles. The first-order valence-corrected chi connectivity index (χ1v) is 6.48. The third kappa shape index (κ3) is 2.64. The Balaban J connectivity index is 2.08. The van der Waals surface area contributed by atoms with E-state index in [9.17, 15) is 0 Å². The SMILES string of the molecule is CCc1nn(C)c(Cl)c1CN1CCC(OC)C1. The van der Waals surface area contributed by atoms with E-state index in [4.69, 9.17) is 16.3 Å². The molecule has 0 amide bonds. The number of rotatable bonds is 4. The van der Waals surface area contributed by atoms with Crippen molar-refractivity contribution in [2.75, 3.05) is 20.2 Å². The minimum atomic E-state index is 0.371. The predicted octanol–water partition coefficient (Wildman–Crippen LogP) is 1.86. The molecular formula is C12H20ClN3O. The highest BCUT2D eigenvalue weighted by Gasteiger charge is 2.24. The topological polar surface area (TPSA) is 30.3 Å². The van der Waals surface area contributed by atoms with Crippen LogP contribution in [0.15, 0.2) is 0 Å². The summed E-state index contributed by atoms with van der Waals surface area (Å²) in [7, 11) is 3.68. The van der Waals surface area contributed by atoms with Crippen LogP contribution < -0.4 is 0 Å². The molecule has 0 spiro atoms. The van der Waals surface area contributed by atoms with E-state index >= 15 is 0 Å². The summed E-state index contributed by atoms with van der Waals surface area (Å²) < 4.78 is 7.14. The number of halogens is 1. The Kier molecular flexibility index (Phi) is 4.07. The lowest BCUT2D eigenvalue weighted by Gasteiger charge is -2.15. The molecule has 0 aliphatic carbocycles. The lowest BCUT2D eigenvalue weighted by molar-refractivity contribution is 0.107. The van der Waals surface area contributed by atoms with Gasteiger partial charge in [0.25, 0.3) is 0 Å². The van der Waals surface area contributed by atoms with Crippen molar-refractivity contribution in [2.24, 2.45) is 7.05 Å². The molecule has 1 atom stereocenters. The van der Waals surface area contributed by atoms with Crippen LogP contribution >= 0.6 is 11.6 Å². The Morgan fingerprint density at radius 2 is 2.29 bits per heavy atom. The summed E-state index contributed by atoms with van der Waals surface area (Å²) >= 11 is 6.28. The molecule has 4 nitrogen and oxygen atoms in total. The number of nitrogens with zero attached hydrogens (tertiary/aromatic N) is 3. The molecule has 2 rings (SSSR count). The summed E-state index contributed by atoms with van der Waals surface area (Å²) in [6.45, 7) is 5.07. The molecule has 0 radical (unpaired) electrons. The molecule has 5 heteroatoms. The van der Waals surface area contributed by atoms with Crippen LogP contribution in [0.2, 0.25) is 5.15 Å². The zero-order chi connectivity index (χ0) is 12.4. The maximum atomic E-state index is 6.28. The van der Waals surface area contributed by atoms with Gasteiger partial charge < -0.3 is 4.74 Å². The fraction of sp³-hybridized carbons (Fsp3) is 0.750. The standard InChI is InChI=1S/C12H20ClN3O/c1-4-11-10(12(13)15(2)14-11)8-16-6-5-9(7-16)17-3/h9H,4-8H2,1-3H3. The van der Waals surface area contributed by atoms with Crippen molar-refractivity contribution in [1.82, 2.24) is 14.7 Å². The normalized spacial score (nSPS) is 21.3. The van der Waals surface area contributed by atoms with Crippen LogP contribution in [0.5, 0.6) is 0 Å². The molecule has 1 aliphatic rings. The number of hydrogen-bond donors (Lipinski definition) is 0. The minimum Gasteiger partial charge on any atom is -0.380 e. The average Bonchev–Trinajstić information content (AvgIpc) is 2.89. The van der Waals surface area contributed by atoms with Gasteiger partial charge in [0.05, 0.1) is 11.8 Å². The van der Waals surface area contributed by atoms with E-state index in [0.717, 1.165) is 43.3 Å². The fourth-order valence-corrected chi connectivity index (χ4v) is 2.60. The van der Waals surface area contributed by atoms with Crippen molar-refractivity contribution in [3.63, 3.8) is 0 Å². The summed E-state index contributed by atoms with van der Waals surface area (Å²) in [5.41, 5.74) is 2.28. The third-order valence-corrected chi connectivity index (χ3v) is 3.90. The zero-order valence-electron chi connectivity index (χ0n) is 10.7. The van der Waals surface area contributed by atoms with Crippen LogP contribution in [-0.4, -0.2) is 41.0 Å². The molecule has 17 heavy (non-hydrogen) atoms. The van der Waals surface area contributed by atoms with Crippen LogP contribution in [0.3, 0.4) is 0 Å². The van der Waals surface area contributed by atoms with E-state index in [1.807, 2.05) is 7.05 Å². The second-order valence-corrected chi connectivity index (χ2v) is 4.93. The first-order valence-electron chi connectivity index (χ1n) is 6.11. The van der Waals surface area contributed by atoms with Gasteiger partial charge in [0.2, 0.25) is 0 Å². The Morgan fingerprint density at radius 3 is 2.88 bits per heavy atom. The van der Waals surface area contributed by atoms with Crippen molar-refractivity contribution in [2.45, 2.75) is 32.4 Å². The van der Waals surface area contributed by atoms with Gasteiger partial charge in [0.1, 0.15) is 5.15 Å². The lowest BCUT2D eigenvalue weighted by atomic mass is 10.2. The molecule has 2 heterocycles. The van der Waals surface area contributed by atoms with Crippen molar-refractivity contribution < 1.29 is 4.74 Å². The van der Waals surface area contributed by atoms with Gasteiger partial charge in [-0.15, -0.1) is 0 Å². The Bertz CT molecular complexity index is 391. The molecule has 1 saturated heterocycles. The van der Waals surface area contributed by atoms with E-state index in [1.54, 1.807) is 11.8 Å². The van der Waals surface area contributed by atoms with Crippen LogP contribution in [0.1, 0.15) is 24.6 Å². The number of aryl methyl sites for hydroxylation is 2. The van der Waals surface area contributed by atoms with Gasteiger partial charge in [0, 0.05) is 39.4 Å². The molecule has 1 unspecified atom stereocenters. The minimum absolute atomic E-state index is 0.371. The monoisotopic (exact) mass is 257 g/mol. The predicted molar refractivity (Wildman–Crippen MR) is 68.3 cm³/mol. The maximum Gasteiger partial charge on any atom is 0.131 e. The molecule has 96 valence electrons. The van der Waals surface area contributed by atoms with Gasteiger partial charge >= 0.3 is 0 Å². The van der Waals surface area contributed by atoms with E-state index < -0.39 is 0 Å². The van der Waals surface area contributed by atoms with E-state index in [-0.39, 0.29) is 0 Å². The number of aromatic nitrogens is 2. The summed E-state index contributed by atoms with van der Waals surface area (Å²) in [6.07, 6.45) is 2.41. The molecule has 0 bridgehead atoms. The van der Waals surface area contributed by atoms with Crippen molar-refractivity contribution >= 4 is 11.6 Å².